The fourth-order valence-electron chi connectivity index (χ4n) is 2.22. The number of hydrogen-bond donors (Lipinski definition) is 3. The maximum absolute atomic E-state index is 11.5. The van der Waals surface area contributed by atoms with E-state index in [1.54, 1.807) is 29.7 Å². The Morgan fingerprint density at radius 2 is 2.33 bits per heavy atom. The van der Waals surface area contributed by atoms with Crippen molar-refractivity contribution >= 4 is 40.4 Å². The highest BCUT2D eigenvalue weighted by Crippen LogP contribution is 2.32. The van der Waals surface area contributed by atoms with Crippen LogP contribution in [0.15, 0.2) is 18.2 Å². The van der Waals surface area contributed by atoms with Gasteiger partial charge in [0, 0.05) is 18.1 Å². The van der Waals surface area contributed by atoms with Gasteiger partial charge in [0.05, 0.1) is 34.9 Å². The van der Waals surface area contributed by atoms with E-state index in [0.29, 0.717) is 34.9 Å². The molecule has 2 rings (SSSR count). The van der Waals surface area contributed by atoms with Crippen LogP contribution in [0.5, 0.6) is 0 Å². The molecule has 0 spiro atoms. The summed E-state index contributed by atoms with van der Waals surface area (Å²) in [7, 11) is 0. The number of nitrogens with zero attached hydrogens (tertiary/aromatic N) is 1. The predicted octanol–water partition coefficient (Wildman–Crippen LogP) is 3.05. The topological polar surface area (TPSA) is 87.3 Å². The molecule has 0 amide bonds. The van der Waals surface area contributed by atoms with Crippen molar-refractivity contribution in [2.24, 2.45) is 0 Å². The molecule has 0 saturated carbocycles. The number of carbonyl (C=O) groups excluding carboxylic acids is 1. The largest absolute Gasteiger partial charge is 0.466 e. The lowest BCUT2D eigenvalue weighted by molar-refractivity contribution is -0.143. The van der Waals surface area contributed by atoms with E-state index in [2.05, 4.69) is 5.48 Å². The minimum atomic E-state index is -0.292. The first-order valence-corrected chi connectivity index (χ1v) is 6.88. The first-order chi connectivity index (χ1) is 10.1. The Kier molecular flexibility index (Phi) is 4.82. The van der Waals surface area contributed by atoms with Crippen LogP contribution in [0.2, 0.25) is 5.02 Å². The number of benzene rings is 1. The lowest BCUT2D eigenvalue weighted by atomic mass is 10.2. The Bertz CT molecular complexity index is 682. The summed E-state index contributed by atoms with van der Waals surface area (Å²) in [6.45, 7) is 2.47. The van der Waals surface area contributed by atoms with E-state index in [-0.39, 0.29) is 12.4 Å². The van der Waals surface area contributed by atoms with Gasteiger partial charge >= 0.3 is 5.97 Å². The number of aryl methyl sites for hydroxylation is 1. The van der Waals surface area contributed by atoms with Gasteiger partial charge in [-0.1, -0.05) is 11.6 Å². The normalized spacial score (nSPS) is 10.6. The van der Waals surface area contributed by atoms with Gasteiger partial charge in [0.15, 0.2) is 0 Å². The fourth-order valence-corrected chi connectivity index (χ4v) is 2.53. The van der Waals surface area contributed by atoms with Crippen LogP contribution in [0.1, 0.15) is 19.0 Å². The summed E-state index contributed by atoms with van der Waals surface area (Å²) >= 11 is 6.27. The number of carbonyl (C=O) groups is 1. The summed E-state index contributed by atoms with van der Waals surface area (Å²) in [5.41, 5.74) is 3.88. The number of hydrogen-bond acceptors (Lipinski definition) is 5. The SMILES string of the molecule is CCOC(=O)CCn1c(C=N)c(Cl)c2cc(NO)ccc21. The quantitative estimate of drug-likeness (QED) is 0.435. The van der Waals surface area contributed by atoms with E-state index in [0.717, 1.165) is 11.7 Å². The molecule has 1 aromatic heterocycles. The average molecular weight is 310 g/mol. The number of rotatable bonds is 6. The van der Waals surface area contributed by atoms with Crippen LogP contribution in [0, 0.1) is 5.41 Å². The third-order valence-corrected chi connectivity index (χ3v) is 3.55. The molecule has 2 aromatic rings. The highest BCUT2D eigenvalue weighted by atomic mass is 35.5. The molecule has 0 fully saturated rings. The lowest BCUT2D eigenvalue weighted by Crippen LogP contribution is -2.10. The molecule has 0 radical (unpaired) electrons. The van der Waals surface area contributed by atoms with Gasteiger partial charge in [-0.3, -0.25) is 15.5 Å². The molecular formula is C14H16ClN3O3. The van der Waals surface area contributed by atoms with Gasteiger partial charge in [-0.05, 0) is 25.1 Å². The van der Waals surface area contributed by atoms with E-state index in [4.69, 9.17) is 27.0 Å². The second-order valence-corrected chi connectivity index (χ2v) is 4.77. The first kappa shape index (κ1) is 15.3. The molecule has 0 aliphatic rings. The zero-order chi connectivity index (χ0) is 15.4. The molecule has 0 aliphatic carbocycles. The summed E-state index contributed by atoms with van der Waals surface area (Å²) in [6, 6.07) is 5.15. The molecule has 0 atom stereocenters. The van der Waals surface area contributed by atoms with E-state index in [1.165, 1.54) is 0 Å². The van der Waals surface area contributed by atoms with Crippen molar-refractivity contribution in [3.8, 4) is 0 Å². The monoisotopic (exact) mass is 309 g/mol. The number of aromatic nitrogens is 1. The first-order valence-electron chi connectivity index (χ1n) is 6.50. The van der Waals surface area contributed by atoms with Gasteiger partial charge in [-0.25, -0.2) is 0 Å². The Balaban J connectivity index is 2.41. The van der Waals surface area contributed by atoms with Crippen LogP contribution in [0.4, 0.5) is 5.69 Å². The molecule has 1 heterocycles. The zero-order valence-electron chi connectivity index (χ0n) is 11.5. The van der Waals surface area contributed by atoms with Crippen molar-refractivity contribution < 1.29 is 14.7 Å². The van der Waals surface area contributed by atoms with Gasteiger partial charge in [-0.15, -0.1) is 0 Å². The molecule has 0 unspecified atom stereocenters. The maximum atomic E-state index is 11.5. The number of anilines is 1. The third-order valence-electron chi connectivity index (χ3n) is 3.15. The molecule has 3 N–H and O–H groups in total. The molecule has 1 aromatic carbocycles. The van der Waals surface area contributed by atoms with Crippen LogP contribution < -0.4 is 5.48 Å². The standard InChI is InChI=1S/C14H16ClN3O3/c1-2-21-13(19)5-6-18-11-4-3-9(17-20)7-10(11)14(15)12(18)8-16/h3-4,7-8,16-17,20H,2,5-6H2,1H3. The Hall–Kier alpha value is -2.05. The molecule has 0 saturated heterocycles. The number of fused-ring (bicyclic) bond motifs is 1. The van der Waals surface area contributed by atoms with Crippen LogP contribution in [0.3, 0.4) is 0 Å². The number of esters is 1. The van der Waals surface area contributed by atoms with Crippen LogP contribution in [0.25, 0.3) is 10.9 Å². The average Bonchev–Trinajstić information content (AvgIpc) is 2.76. The van der Waals surface area contributed by atoms with Crippen LogP contribution in [-0.2, 0) is 16.1 Å². The smallest absolute Gasteiger partial charge is 0.307 e. The number of ether oxygens (including phenoxy) is 1. The Morgan fingerprint density at radius 1 is 1.57 bits per heavy atom. The van der Waals surface area contributed by atoms with E-state index < -0.39 is 0 Å². The zero-order valence-corrected chi connectivity index (χ0v) is 12.3. The lowest BCUT2D eigenvalue weighted by Gasteiger charge is -2.08. The molecule has 7 heteroatoms. The maximum Gasteiger partial charge on any atom is 0.307 e. The van der Waals surface area contributed by atoms with Crippen molar-refractivity contribution in [3.63, 3.8) is 0 Å². The van der Waals surface area contributed by atoms with Crippen molar-refractivity contribution in [2.75, 3.05) is 12.1 Å². The minimum Gasteiger partial charge on any atom is -0.466 e. The van der Waals surface area contributed by atoms with Gasteiger partial charge in [0.2, 0.25) is 0 Å². The Labute approximate surface area is 126 Å². The summed E-state index contributed by atoms with van der Waals surface area (Å²) in [5.74, 6) is -0.292. The summed E-state index contributed by atoms with van der Waals surface area (Å²) in [6.07, 6.45) is 1.36. The molecule has 21 heavy (non-hydrogen) atoms. The third kappa shape index (κ3) is 3.01. The van der Waals surface area contributed by atoms with Gasteiger partial charge < -0.3 is 14.7 Å². The number of halogens is 1. The van der Waals surface area contributed by atoms with Gasteiger partial charge in [-0.2, -0.15) is 0 Å². The summed E-state index contributed by atoms with van der Waals surface area (Å²) < 4.78 is 6.70. The van der Waals surface area contributed by atoms with E-state index >= 15 is 0 Å². The van der Waals surface area contributed by atoms with Crippen LogP contribution in [-0.4, -0.2) is 28.6 Å². The summed E-state index contributed by atoms with van der Waals surface area (Å²) in [5, 5.41) is 17.6. The minimum absolute atomic E-state index is 0.203. The van der Waals surface area contributed by atoms with Gasteiger partial charge in [0.25, 0.3) is 0 Å². The molecular weight excluding hydrogens is 294 g/mol. The second kappa shape index (κ2) is 6.60. The Morgan fingerprint density at radius 3 is 2.95 bits per heavy atom. The molecule has 6 nitrogen and oxygen atoms in total. The highest BCUT2D eigenvalue weighted by molar-refractivity contribution is 6.38. The number of nitrogens with one attached hydrogen (secondary N) is 2. The van der Waals surface area contributed by atoms with Crippen LogP contribution >= 0.6 is 11.6 Å². The van der Waals surface area contributed by atoms with E-state index in [9.17, 15) is 4.79 Å². The highest BCUT2D eigenvalue weighted by Gasteiger charge is 2.15. The van der Waals surface area contributed by atoms with Gasteiger partial charge in [0.1, 0.15) is 0 Å². The van der Waals surface area contributed by atoms with Crippen molar-refractivity contribution in [1.82, 2.24) is 4.57 Å². The second-order valence-electron chi connectivity index (χ2n) is 4.39. The molecule has 0 bridgehead atoms. The van der Waals surface area contributed by atoms with Crippen molar-refractivity contribution in [2.45, 2.75) is 19.9 Å². The molecule has 0 aliphatic heterocycles. The van der Waals surface area contributed by atoms with E-state index in [1.807, 2.05) is 0 Å². The van der Waals surface area contributed by atoms with Crippen molar-refractivity contribution in [1.29, 1.82) is 5.41 Å². The van der Waals surface area contributed by atoms with Crippen molar-refractivity contribution in [3.05, 3.63) is 28.9 Å². The summed E-state index contributed by atoms with van der Waals surface area (Å²) in [4.78, 5) is 11.5. The molecule has 112 valence electrons. The predicted molar refractivity (Wildman–Crippen MR) is 81.5 cm³/mol. The fraction of sp³-hybridized carbons (Fsp3) is 0.286.